The summed E-state index contributed by atoms with van der Waals surface area (Å²) >= 11 is 0. The molecule has 2 rings (SSSR count). The molecular weight excluding hydrogens is 262 g/mol. The molecule has 0 unspecified atom stereocenters. The van der Waals surface area contributed by atoms with Crippen LogP contribution in [0.5, 0.6) is 0 Å². The van der Waals surface area contributed by atoms with E-state index in [0.717, 1.165) is 12.0 Å². The zero-order valence-electron chi connectivity index (χ0n) is 12.2. The molecular formula is C17H21N3O. The smallest absolute Gasteiger partial charge is 0.237 e. The maximum absolute atomic E-state index is 12.1. The highest BCUT2D eigenvalue weighted by Gasteiger charge is 2.16. The van der Waals surface area contributed by atoms with Crippen LogP contribution in [0.1, 0.15) is 30.5 Å². The van der Waals surface area contributed by atoms with Crippen LogP contribution >= 0.6 is 0 Å². The Bertz CT molecular complexity index is 557. The van der Waals surface area contributed by atoms with Gasteiger partial charge in [-0.3, -0.25) is 9.78 Å². The molecule has 0 bridgehead atoms. The Labute approximate surface area is 125 Å². The van der Waals surface area contributed by atoms with Gasteiger partial charge in [0.15, 0.2) is 0 Å². The van der Waals surface area contributed by atoms with Crippen LogP contribution in [0.25, 0.3) is 0 Å². The molecule has 110 valence electrons. The molecule has 3 N–H and O–H groups in total. The molecule has 0 aliphatic carbocycles. The summed E-state index contributed by atoms with van der Waals surface area (Å²) in [6.07, 6.45) is 4.90. The monoisotopic (exact) mass is 283 g/mol. The van der Waals surface area contributed by atoms with Crippen molar-refractivity contribution in [3.63, 3.8) is 0 Å². The van der Waals surface area contributed by atoms with Gasteiger partial charge in [0.25, 0.3) is 0 Å². The van der Waals surface area contributed by atoms with Crippen LogP contribution in [0.4, 0.5) is 0 Å². The molecule has 0 spiro atoms. The number of nitrogens with one attached hydrogen (secondary N) is 1. The lowest BCUT2D eigenvalue weighted by molar-refractivity contribution is -0.123. The number of rotatable bonds is 6. The van der Waals surface area contributed by atoms with Crippen LogP contribution < -0.4 is 11.1 Å². The van der Waals surface area contributed by atoms with Crippen molar-refractivity contribution in [1.82, 2.24) is 10.3 Å². The summed E-state index contributed by atoms with van der Waals surface area (Å²) in [7, 11) is 0. The Morgan fingerprint density at radius 1 is 1.24 bits per heavy atom. The van der Waals surface area contributed by atoms with Crippen molar-refractivity contribution in [2.45, 2.75) is 31.8 Å². The number of hydrogen-bond acceptors (Lipinski definition) is 3. The molecule has 0 saturated carbocycles. The second kappa shape index (κ2) is 7.55. The fourth-order valence-electron chi connectivity index (χ4n) is 2.13. The maximum atomic E-state index is 12.1. The minimum absolute atomic E-state index is 0.0889. The Kier molecular flexibility index (Phi) is 5.46. The molecule has 2 aromatic rings. The molecule has 1 amide bonds. The Morgan fingerprint density at radius 2 is 2.00 bits per heavy atom. The number of amides is 1. The zero-order chi connectivity index (χ0) is 15.1. The second-order valence-corrected chi connectivity index (χ2v) is 5.15. The first-order valence-corrected chi connectivity index (χ1v) is 7.16. The average molecular weight is 283 g/mol. The number of hydrogen-bond donors (Lipinski definition) is 2. The summed E-state index contributed by atoms with van der Waals surface area (Å²) in [5.74, 6) is -0.123. The first-order valence-electron chi connectivity index (χ1n) is 7.16. The van der Waals surface area contributed by atoms with E-state index in [1.807, 2.05) is 49.4 Å². The molecule has 4 nitrogen and oxygen atoms in total. The van der Waals surface area contributed by atoms with Gasteiger partial charge in [0.2, 0.25) is 5.91 Å². The number of aromatic nitrogens is 1. The number of carbonyl (C=O) groups excluding carboxylic acids is 1. The summed E-state index contributed by atoms with van der Waals surface area (Å²) in [5.41, 5.74) is 8.13. The fourth-order valence-corrected chi connectivity index (χ4v) is 2.13. The van der Waals surface area contributed by atoms with Gasteiger partial charge in [0, 0.05) is 12.4 Å². The fraction of sp³-hybridized carbons (Fsp3) is 0.294. The van der Waals surface area contributed by atoms with Gasteiger partial charge < -0.3 is 11.1 Å². The second-order valence-electron chi connectivity index (χ2n) is 5.15. The predicted octanol–water partition coefficient (Wildman–Crippen LogP) is 2.22. The Morgan fingerprint density at radius 3 is 2.67 bits per heavy atom. The zero-order valence-corrected chi connectivity index (χ0v) is 12.2. The molecule has 1 aromatic heterocycles. The van der Waals surface area contributed by atoms with Crippen LogP contribution in [-0.2, 0) is 11.2 Å². The van der Waals surface area contributed by atoms with Crippen molar-refractivity contribution in [2.24, 2.45) is 5.73 Å². The van der Waals surface area contributed by atoms with E-state index in [9.17, 15) is 4.79 Å². The molecule has 0 aliphatic rings. The van der Waals surface area contributed by atoms with E-state index in [0.29, 0.717) is 6.42 Å². The molecule has 1 aromatic carbocycles. The van der Waals surface area contributed by atoms with Gasteiger partial charge in [-0.05, 0) is 37.0 Å². The summed E-state index contributed by atoms with van der Waals surface area (Å²) in [5, 5.41) is 2.93. The summed E-state index contributed by atoms with van der Waals surface area (Å²) in [4.78, 5) is 16.1. The number of nitrogens with zero attached hydrogens (tertiary/aromatic N) is 1. The third-order valence-electron chi connectivity index (χ3n) is 3.47. The van der Waals surface area contributed by atoms with Crippen molar-refractivity contribution in [1.29, 1.82) is 0 Å². The van der Waals surface area contributed by atoms with Crippen molar-refractivity contribution in [3.05, 3.63) is 66.0 Å². The van der Waals surface area contributed by atoms with Gasteiger partial charge in [-0.2, -0.15) is 0 Å². The van der Waals surface area contributed by atoms with E-state index in [2.05, 4.69) is 10.3 Å². The molecule has 0 aliphatic heterocycles. The minimum atomic E-state index is -0.496. The van der Waals surface area contributed by atoms with E-state index < -0.39 is 6.04 Å². The lowest BCUT2D eigenvalue weighted by Crippen LogP contribution is -2.41. The Hall–Kier alpha value is -2.20. The lowest BCUT2D eigenvalue weighted by atomic mass is 10.0. The average Bonchev–Trinajstić information content (AvgIpc) is 2.54. The highest BCUT2D eigenvalue weighted by Crippen LogP contribution is 2.10. The van der Waals surface area contributed by atoms with Crippen molar-refractivity contribution in [2.75, 3.05) is 0 Å². The molecule has 21 heavy (non-hydrogen) atoms. The third kappa shape index (κ3) is 4.68. The van der Waals surface area contributed by atoms with Gasteiger partial charge in [0.1, 0.15) is 0 Å². The normalized spacial score (nSPS) is 13.4. The van der Waals surface area contributed by atoms with Gasteiger partial charge in [-0.1, -0.05) is 36.4 Å². The third-order valence-corrected chi connectivity index (χ3v) is 3.47. The standard InChI is InChI=1S/C17H21N3O/c1-13(15-8-5-11-19-12-15)20-17(21)16(18)10-9-14-6-3-2-4-7-14/h2-8,11-13,16H,9-10,18H2,1H3,(H,20,21)/t13-,16+/m1/s1. The number of aryl methyl sites for hydroxylation is 1. The molecule has 0 radical (unpaired) electrons. The first-order chi connectivity index (χ1) is 10.2. The predicted molar refractivity (Wildman–Crippen MR) is 83.5 cm³/mol. The number of nitrogens with two attached hydrogens (primary N) is 1. The number of pyridine rings is 1. The first kappa shape index (κ1) is 15.2. The van der Waals surface area contributed by atoms with E-state index >= 15 is 0 Å². The molecule has 2 atom stereocenters. The van der Waals surface area contributed by atoms with Gasteiger partial charge in [-0.25, -0.2) is 0 Å². The highest BCUT2D eigenvalue weighted by molar-refractivity contribution is 5.81. The van der Waals surface area contributed by atoms with Gasteiger partial charge >= 0.3 is 0 Å². The quantitative estimate of drug-likeness (QED) is 0.854. The Balaban J connectivity index is 1.82. The van der Waals surface area contributed by atoms with Gasteiger partial charge in [-0.15, -0.1) is 0 Å². The van der Waals surface area contributed by atoms with Crippen LogP contribution in [0.3, 0.4) is 0 Å². The van der Waals surface area contributed by atoms with E-state index in [1.54, 1.807) is 12.4 Å². The molecule has 1 heterocycles. The topological polar surface area (TPSA) is 68.0 Å². The molecule has 0 fully saturated rings. The minimum Gasteiger partial charge on any atom is -0.348 e. The van der Waals surface area contributed by atoms with Crippen molar-refractivity contribution in [3.8, 4) is 0 Å². The highest BCUT2D eigenvalue weighted by atomic mass is 16.2. The maximum Gasteiger partial charge on any atom is 0.237 e. The van der Waals surface area contributed by atoms with Crippen LogP contribution in [-0.4, -0.2) is 16.9 Å². The SMILES string of the molecule is C[C@@H](NC(=O)[C@@H](N)CCc1ccccc1)c1cccnc1. The summed E-state index contributed by atoms with van der Waals surface area (Å²) in [6.45, 7) is 1.93. The van der Waals surface area contributed by atoms with E-state index in [-0.39, 0.29) is 11.9 Å². The van der Waals surface area contributed by atoms with Gasteiger partial charge in [0.05, 0.1) is 12.1 Å². The van der Waals surface area contributed by atoms with Crippen molar-refractivity contribution < 1.29 is 4.79 Å². The van der Waals surface area contributed by atoms with Crippen LogP contribution in [0, 0.1) is 0 Å². The van der Waals surface area contributed by atoms with E-state index in [1.165, 1.54) is 5.56 Å². The van der Waals surface area contributed by atoms with Crippen molar-refractivity contribution >= 4 is 5.91 Å². The van der Waals surface area contributed by atoms with Crippen LogP contribution in [0.2, 0.25) is 0 Å². The number of carbonyl (C=O) groups is 1. The lowest BCUT2D eigenvalue weighted by Gasteiger charge is -2.17. The number of benzene rings is 1. The summed E-state index contributed by atoms with van der Waals surface area (Å²) in [6, 6.07) is 13.3. The molecule has 0 saturated heterocycles. The van der Waals surface area contributed by atoms with E-state index in [4.69, 9.17) is 5.73 Å². The largest absolute Gasteiger partial charge is 0.348 e. The molecule has 4 heteroatoms. The summed E-state index contributed by atoms with van der Waals surface area (Å²) < 4.78 is 0. The van der Waals surface area contributed by atoms with Crippen LogP contribution in [0.15, 0.2) is 54.9 Å².